The maximum absolute atomic E-state index is 11.7. The summed E-state index contributed by atoms with van der Waals surface area (Å²) < 4.78 is 29.7. The number of aromatic nitrogens is 4. The van der Waals surface area contributed by atoms with Gasteiger partial charge in [-0.3, -0.25) is 4.68 Å². The van der Waals surface area contributed by atoms with Gasteiger partial charge in [0.2, 0.25) is 0 Å². The predicted octanol–water partition coefficient (Wildman–Crippen LogP) is 1.02. The van der Waals surface area contributed by atoms with Crippen molar-refractivity contribution in [1.29, 1.82) is 0 Å². The van der Waals surface area contributed by atoms with E-state index in [1.165, 1.54) is 13.2 Å². The van der Waals surface area contributed by atoms with Crippen molar-refractivity contribution >= 4 is 10.0 Å². The van der Waals surface area contributed by atoms with Crippen molar-refractivity contribution in [2.45, 2.75) is 18.4 Å². The quantitative estimate of drug-likeness (QED) is 0.761. The lowest BCUT2D eigenvalue weighted by atomic mass is 10.1. The summed E-state index contributed by atoms with van der Waals surface area (Å²) in [7, 11) is -2.47. The first-order chi connectivity index (χ1) is 10.9. The number of primary sulfonamides is 1. The Morgan fingerprint density at radius 2 is 2.04 bits per heavy atom. The smallest absolute Gasteiger partial charge is 0.262 e. The molecule has 8 nitrogen and oxygen atoms in total. The number of hydrogen-bond acceptors (Lipinski definition) is 6. The monoisotopic (exact) mass is 333 g/mol. The molecule has 0 spiro atoms. The molecule has 2 aromatic heterocycles. The Labute approximate surface area is 133 Å². The minimum Gasteiger partial charge on any atom is -0.334 e. The Bertz CT molecular complexity index is 958. The van der Waals surface area contributed by atoms with E-state index < -0.39 is 10.0 Å². The summed E-state index contributed by atoms with van der Waals surface area (Å²) in [4.78, 5) is 4.25. The van der Waals surface area contributed by atoms with Gasteiger partial charge in [-0.2, -0.15) is 10.1 Å². The van der Waals surface area contributed by atoms with Crippen molar-refractivity contribution in [2.24, 2.45) is 12.2 Å². The SMILES string of the molecule is Cc1ccccc1Cc1noc(-c2cnn(C)c2S(N)(=O)=O)n1. The Morgan fingerprint density at radius 3 is 2.74 bits per heavy atom. The second-order valence-electron chi connectivity index (χ2n) is 5.15. The van der Waals surface area contributed by atoms with Gasteiger partial charge in [-0.05, 0) is 18.1 Å². The zero-order valence-electron chi connectivity index (χ0n) is 12.6. The molecule has 2 N–H and O–H groups in total. The molecule has 0 bridgehead atoms. The first-order valence-electron chi connectivity index (χ1n) is 6.78. The Morgan fingerprint density at radius 1 is 1.30 bits per heavy atom. The Balaban J connectivity index is 1.96. The molecular weight excluding hydrogens is 318 g/mol. The van der Waals surface area contributed by atoms with Gasteiger partial charge in [0.1, 0.15) is 0 Å². The standard InChI is InChI=1S/C14H15N5O3S/c1-9-5-3-4-6-10(9)7-12-17-13(22-18-12)11-8-16-19(2)14(11)23(15,20)21/h3-6,8H,7H2,1-2H3,(H2,15,20,21). The molecule has 0 unspecified atom stereocenters. The second kappa shape index (κ2) is 5.60. The van der Waals surface area contributed by atoms with Gasteiger partial charge in [0.25, 0.3) is 15.9 Å². The van der Waals surface area contributed by atoms with Crippen LogP contribution in [0.5, 0.6) is 0 Å². The summed E-state index contributed by atoms with van der Waals surface area (Å²) in [5.41, 5.74) is 2.38. The van der Waals surface area contributed by atoms with Crippen LogP contribution in [-0.2, 0) is 23.5 Å². The number of benzene rings is 1. The molecule has 0 saturated carbocycles. The van der Waals surface area contributed by atoms with E-state index in [2.05, 4.69) is 15.2 Å². The lowest BCUT2D eigenvalue weighted by Crippen LogP contribution is -2.17. The van der Waals surface area contributed by atoms with Gasteiger partial charge in [-0.15, -0.1) is 0 Å². The van der Waals surface area contributed by atoms with E-state index in [1.807, 2.05) is 31.2 Å². The topological polar surface area (TPSA) is 117 Å². The fraction of sp³-hybridized carbons (Fsp3) is 0.214. The van der Waals surface area contributed by atoms with Gasteiger partial charge in [0.05, 0.1) is 11.8 Å². The lowest BCUT2D eigenvalue weighted by molar-refractivity contribution is 0.422. The minimum atomic E-state index is -3.95. The van der Waals surface area contributed by atoms with Crippen LogP contribution < -0.4 is 5.14 Å². The maximum atomic E-state index is 11.7. The molecule has 2 heterocycles. The van der Waals surface area contributed by atoms with Crippen molar-refractivity contribution in [3.8, 4) is 11.5 Å². The normalized spacial score (nSPS) is 11.8. The lowest BCUT2D eigenvalue weighted by Gasteiger charge is -2.01. The highest BCUT2D eigenvalue weighted by molar-refractivity contribution is 7.89. The average Bonchev–Trinajstić information content (AvgIpc) is 3.07. The molecule has 0 aliphatic rings. The zero-order valence-corrected chi connectivity index (χ0v) is 13.4. The maximum Gasteiger partial charge on any atom is 0.262 e. The number of aryl methyl sites for hydroxylation is 2. The van der Waals surface area contributed by atoms with E-state index >= 15 is 0 Å². The molecule has 120 valence electrons. The summed E-state index contributed by atoms with van der Waals surface area (Å²) >= 11 is 0. The number of sulfonamides is 1. The van der Waals surface area contributed by atoms with Crippen LogP contribution in [0.3, 0.4) is 0 Å². The number of nitrogens with two attached hydrogens (primary N) is 1. The largest absolute Gasteiger partial charge is 0.334 e. The fourth-order valence-corrected chi connectivity index (χ4v) is 3.19. The van der Waals surface area contributed by atoms with Crippen LogP contribution in [0.4, 0.5) is 0 Å². The molecule has 9 heteroatoms. The molecule has 0 aliphatic carbocycles. The van der Waals surface area contributed by atoms with E-state index in [0.717, 1.165) is 15.8 Å². The average molecular weight is 333 g/mol. The predicted molar refractivity (Wildman–Crippen MR) is 81.9 cm³/mol. The van der Waals surface area contributed by atoms with Crippen molar-refractivity contribution in [2.75, 3.05) is 0 Å². The first-order valence-corrected chi connectivity index (χ1v) is 8.33. The van der Waals surface area contributed by atoms with Gasteiger partial charge < -0.3 is 4.52 Å². The number of nitrogens with zero attached hydrogens (tertiary/aromatic N) is 4. The van der Waals surface area contributed by atoms with Gasteiger partial charge in [-0.1, -0.05) is 29.4 Å². The summed E-state index contributed by atoms with van der Waals surface area (Å²) in [5.74, 6) is 0.532. The van der Waals surface area contributed by atoms with Gasteiger partial charge in [0.15, 0.2) is 10.9 Å². The summed E-state index contributed by atoms with van der Waals surface area (Å²) in [5, 5.41) is 12.8. The summed E-state index contributed by atoms with van der Waals surface area (Å²) in [6.07, 6.45) is 1.83. The van der Waals surface area contributed by atoms with Crippen LogP contribution in [0.15, 0.2) is 40.0 Å². The van der Waals surface area contributed by atoms with Crippen molar-refractivity contribution in [1.82, 2.24) is 19.9 Å². The van der Waals surface area contributed by atoms with Crippen LogP contribution in [-0.4, -0.2) is 28.3 Å². The molecule has 0 saturated heterocycles. The van der Waals surface area contributed by atoms with Crippen molar-refractivity contribution in [3.63, 3.8) is 0 Å². The second-order valence-corrected chi connectivity index (χ2v) is 6.63. The van der Waals surface area contributed by atoms with Crippen LogP contribution in [0.2, 0.25) is 0 Å². The third-order valence-electron chi connectivity index (χ3n) is 3.46. The molecule has 3 aromatic rings. The summed E-state index contributed by atoms with van der Waals surface area (Å²) in [6.45, 7) is 2.00. The molecule has 3 rings (SSSR count). The van der Waals surface area contributed by atoms with Crippen molar-refractivity contribution < 1.29 is 12.9 Å². The molecule has 23 heavy (non-hydrogen) atoms. The Kier molecular flexibility index (Phi) is 3.74. The fourth-order valence-electron chi connectivity index (χ4n) is 2.32. The third kappa shape index (κ3) is 3.01. The molecule has 0 fully saturated rings. The van der Waals surface area contributed by atoms with Crippen LogP contribution in [0.25, 0.3) is 11.5 Å². The van der Waals surface area contributed by atoms with Gasteiger partial charge in [0, 0.05) is 13.5 Å². The van der Waals surface area contributed by atoms with Crippen LogP contribution in [0, 0.1) is 6.92 Å². The highest BCUT2D eigenvalue weighted by atomic mass is 32.2. The minimum absolute atomic E-state index is 0.0747. The first kappa shape index (κ1) is 15.4. The highest BCUT2D eigenvalue weighted by Gasteiger charge is 2.24. The molecule has 0 atom stereocenters. The molecule has 0 radical (unpaired) electrons. The molecule has 0 amide bonds. The van der Waals surface area contributed by atoms with E-state index in [0.29, 0.717) is 12.2 Å². The van der Waals surface area contributed by atoms with Crippen LogP contribution >= 0.6 is 0 Å². The van der Waals surface area contributed by atoms with Crippen LogP contribution in [0.1, 0.15) is 17.0 Å². The molecule has 1 aromatic carbocycles. The van der Waals surface area contributed by atoms with Crippen molar-refractivity contribution in [3.05, 3.63) is 47.4 Å². The molecule has 0 aliphatic heterocycles. The number of hydrogen-bond donors (Lipinski definition) is 1. The van der Waals surface area contributed by atoms with E-state index in [9.17, 15) is 8.42 Å². The van der Waals surface area contributed by atoms with Gasteiger partial charge >= 0.3 is 0 Å². The highest BCUT2D eigenvalue weighted by Crippen LogP contribution is 2.25. The molecular formula is C14H15N5O3S. The third-order valence-corrected chi connectivity index (χ3v) is 4.49. The number of rotatable bonds is 4. The van der Waals surface area contributed by atoms with Gasteiger partial charge in [-0.25, -0.2) is 13.6 Å². The Hall–Kier alpha value is -2.52. The summed E-state index contributed by atoms with van der Waals surface area (Å²) in [6, 6.07) is 7.86. The van der Waals surface area contributed by atoms with E-state index in [1.54, 1.807) is 0 Å². The zero-order chi connectivity index (χ0) is 16.6. The van der Waals surface area contributed by atoms with E-state index in [4.69, 9.17) is 9.66 Å². The van der Waals surface area contributed by atoms with E-state index in [-0.39, 0.29) is 16.5 Å².